The van der Waals surface area contributed by atoms with Crippen LogP contribution in [-0.4, -0.2) is 92.7 Å². The number of fused-ring (bicyclic) bond motifs is 1. The Kier molecular flexibility index (Phi) is 19.0. The summed E-state index contributed by atoms with van der Waals surface area (Å²) in [6.45, 7) is 4.93. The number of guanidine groups is 1. The summed E-state index contributed by atoms with van der Waals surface area (Å²) in [5.41, 5.74) is 19.8. The van der Waals surface area contributed by atoms with E-state index in [9.17, 15) is 33.6 Å². The fraction of sp³-hybridized carbons (Fsp3) is 0.444. The number of carbonyl (C=O) groups is 7. The van der Waals surface area contributed by atoms with Crippen LogP contribution in [-0.2, 0) is 52.8 Å². The molecule has 0 aliphatic heterocycles. The van der Waals surface area contributed by atoms with Gasteiger partial charge >= 0.3 is 0 Å². The van der Waals surface area contributed by atoms with Crippen molar-refractivity contribution in [3.8, 4) is 0 Å². The molecule has 18 nitrogen and oxygen atoms in total. The van der Waals surface area contributed by atoms with E-state index in [4.69, 9.17) is 17.2 Å². The molecule has 0 saturated heterocycles. The Labute approximate surface area is 366 Å². The van der Waals surface area contributed by atoms with Crippen molar-refractivity contribution in [3.63, 3.8) is 0 Å². The van der Waals surface area contributed by atoms with Crippen molar-refractivity contribution in [1.82, 2.24) is 36.2 Å². The van der Waals surface area contributed by atoms with E-state index in [-0.39, 0.29) is 51.0 Å². The summed E-state index contributed by atoms with van der Waals surface area (Å²) in [5, 5.41) is 11.9. The second-order valence-corrected chi connectivity index (χ2v) is 15.9. The average molecular weight is 868 g/mol. The van der Waals surface area contributed by atoms with Gasteiger partial charge in [-0.1, -0.05) is 68.3 Å². The van der Waals surface area contributed by atoms with Crippen molar-refractivity contribution in [1.29, 1.82) is 0 Å². The SMILES string of the molecule is CCCC[C@H](NC(C)=O)C(=O)N[C@@H](Cc1cnc[nH]1)C(=O)N[C@@H](Cc1ccccc1)C(=O)C[C@@H](CCCN=C(N)N)C(=O)N[C@@H](C)C(=O)C[C@@H](Cc1c[nH]c2ccccc12)C(N)=O. The van der Waals surface area contributed by atoms with Gasteiger partial charge in [0.1, 0.15) is 12.1 Å². The third-order valence-corrected chi connectivity index (χ3v) is 10.8. The van der Waals surface area contributed by atoms with E-state index in [1.54, 1.807) is 30.5 Å². The molecule has 0 bridgehead atoms. The van der Waals surface area contributed by atoms with Gasteiger partial charge in [0, 0.05) is 73.6 Å². The Morgan fingerprint density at radius 1 is 0.714 bits per heavy atom. The van der Waals surface area contributed by atoms with Gasteiger partial charge in [0.2, 0.25) is 29.5 Å². The molecule has 0 fully saturated rings. The molecule has 2 aromatic heterocycles. The van der Waals surface area contributed by atoms with Crippen LogP contribution in [0.2, 0.25) is 0 Å². The van der Waals surface area contributed by atoms with E-state index in [1.807, 2.05) is 37.3 Å². The summed E-state index contributed by atoms with van der Waals surface area (Å²) in [6.07, 6.45) is 6.65. The molecular formula is C45H61N11O7. The second kappa shape index (κ2) is 24.6. The Bertz CT molecular complexity index is 2180. The number of nitrogens with zero attached hydrogens (tertiary/aromatic N) is 2. The molecule has 0 unspecified atom stereocenters. The predicted molar refractivity (Wildman–Crippen MR) is 238 cm³/mol. The summed E-state index contributed by atoms with van der Waals surface area (Å²) in [7, 11) is 0. The Morgan fingerprint density at radius 2 is 1.40 bits per heavy atom. The van der Waals surface area contributed by atoms with E-state index in [1.165, 1.54) is 26.4 Å². The number of imidazole rings is 1. The van der Waals surface area contributed by atoms with Gasteiger partial charge in [0.05, 0.1) is 18.4 Å². The van der Waals surface area contributed by atoms with Crippen molar-refractivity contribution in [2.24, 2.45) is 34.0 Å². The number of Topliss-reactive ketones (excluding diaryl/α,β-unsaturated/α-hetero) is 2. The highest BCUT2D eigenvalue weighted by atomic mass is 16.2. The smallest absolute Gasteiger partial charge is 0.243 e. The van der Waals surface area contributed by atoms with E-state index >= 15 is 0 Å². The number of para-hydroxylation sites is 1. The highest BCUT2D eigenvalue weighted by Gasteiger charge is 2.33. The minimum atomic E-state index is -1.19. The molecule has 0 saturated carbocycles. The molecule has 2 heterocycles. The maximum absolute atomic E-state index is 14.4. The maximum atomic E-state index is 14.4. The van der Waals surface area contributed by atoms with Crippen LogP contribution in [0, 0.1) is 11.8 Å². The summed E-state index contributed by atoms with van der Waals surface area (Å²) >= 11 is 0. The topological polar surface area (TPSA) is 302 Å². The van der Waals surface area contributed by atoms with Gasteiger partial charge in [-0.05, 0) is 56.2 Å². The van der Waals surface area contributed by atoms with E-state index in [0.29, 0.717) is 25.0 Å². The summed E-state index contributed by atoms with van der Waals surface area (Å²) < 4.78 is 0. The van der Waals surface area contributed by atoms with Gasteiger partial charge in [-0.2, -0.15) is 0 Å². The Balaban J connectivity index is 1.54. The van der Waals surface area contributed by atoms with Gasteiger partial charge in [-0.3, -0.25) is 38.6 Å². The number of primary amides is 1. The first-order chi connectivity index (χ1) is 30.1. The van der Waals surface area contributed by atoms with Crippen molar-refractivity contribution in [2.45, 2.75) is 109 Å². The molecule has 63 heavy (non-hydrogen) atoms. The number of unbranched alkanes of at least 4 members (excludes halogenated alkanes) is 1. The third-order valence-electron chi connectivity index (χ3n) is 10.8. The molecule has 18 heteroatoms. The highest BCUT2D eigenvalue weighted by molar-refractivity contribution is 5.97. The molecule has 12 N–H and O–H groups in total. The number of hydrogen-bond acceptors (Lipinski definition) is 9. The number of ketones is 2. The zero-order valence-electron chi connectivity index (χ0n) is 36.2. The number of rotatable bonds is 27. The first kappa shape index (κ1) is 48.8. The van der Waals surface area contributed by atoms with Gasteiger partial charge in [-0.25, -0.2) is 4.98 Å². The van der Waals surface area contributed by atoms with Crippen molar-refractivity contribution >= 4 is 58.0 Å². The molecule has 338 valence electrons. The third kappa shape index (κ3) is 15.8. The quantitative estimate of drug-likeness (QED) is 0.0238. The number of hydrogen-bond donors (Lipinski definition) is 9. The molecule has 0 aliphatic carbocycles. The number of benzene rings is 2. The van der Waals surface area contributed by atoms with Gasteiger partial charge in [-0.15, -0.1) is 0 Å². The number of aromatic nitrogens is 3. The fourth-order valence-electron chi connectivity index (χ4n) is 7.32. The molecule has 4 rings (SSSR count). The van der Waals surface area contributed by atoms with E-state index in [0.717, 1.165) is 28.5 Å². The van der Waals surface area contributed by atoms with Crippen LogP contribution in [0.25, 0.3) is 10.9 Å². The lowest BCUT2D eigenvalue weighted by Gasteiger charge is -2.26. The number of nitrogens with one attached hydrogen (secondary N) is 6. The van der Waals surface area contributed by atoms with Crippen LogP contribution in [0.5, 0.6) is 0 Å². The maximum Gasteiger partial charge on any atom is 0.243 e. The van der Waals surface area contributed by atoms with E-state index in [2.05, 4.69) is 41.2 Å². The Morgan fingerprint density at radius 3 is 2.06 bits per heavy atom. The number of H-pyrrole nitrogens is 2. The zero-order chi connectivity index (χ0) is 45.9. The number of aliphatic imine (C=N–C) groups is 1. The lowest BCUT2D eigenvalue weighted by atomic mass is 9.89. The van der Waals surface area contributed by atoms with Crippen molar-refractivity contribution in [2.75, 3.05) is 6.54 Å². The summed E-state index contributed by atoms with van der Waals surface area (Å²) in [4.78, 5) is 108. The minimum Gasteiger partial charge on any atom is -0.370 e. The van der Waals surface area contributed by atoms with E-state index < -0.39 is 77.1 Å². The number of aromatic amines is 2. The number of carbonyl (C=O) groups excluding carboxylic acids is 7. The molecule has 6 atom stereocenters. The Hall–Kier alpha value is -6.85. The fourth-order valence-corrected chi connectivity index (χ4v) is 7.32. The average Bonchev–Trinajstić information content (AvgIpc) is 3.92. The molecule has 4 aromatic rings. The first-order valence-corrected chi connectivity index (χ1v) is 21.3. The van der Waals surface area contributed by atoms with Gasteiger partial charge in [0.25, 0.3) is 0 Å². The molecule has 0 spiro atoms. The van der Waals surface area contributed by atoms with Crippen LogP contribution in [0.1, 0.15) is 82.5 Å². The van der Waals surface area contributed by atoms with Crippen molar-refractivity contribution in [3.05, 3.63) is 90.1 Å². The van der Waals surface area contributed by atoms with Crippen LogP contribution >= 0.6 is 0 Å². The standard InChI is InChI=1S/C45H61N11O7/c1-4-5-16-36(54-28(3)57)43(62)56-38(23-33-25-49-26-52-33)44(63)55-37(19-29-12-7-6-8-13-29)40(59)21-30(14-11-18-50-45(47)48)42(61)53-27(2)39(58)22-31(41(46)60)20-32-24-51-35-17-10-9-15-34(32)35/h6-10,12-13,15,17,24-27,30-31,36-38,51H,4-5,11,14,16,18-23H2,1-3H3,(H2,46,60)(H,49,52)(H,53,61)(H,54,57)(H,55,63)(H,56,62)(H4,47,48,50)/t27-,30+,31+,36-,37-,38-/m0/s1. The second-order valence-electron chi connectivity index (χ2n) is 15.9. The van der Waals surface area contributed by atoms with Crippen LogP contribution in [0.15, 0.2) is 78.3 Å². The first-order valence-electron chi connectivity index (χ1n) is 21.3. The van der Waals surface area contributed by atoms with Crippen LogP contribution in [0.4, 0.5) is 0 Å². The van der Waals surface area contributed by atoms with Gasteiger partial charge in [0.15, 0.2) is 17.5 Å². The summed E-state index contributed by atoms with van der Waals surface area (Å²) in [6, 6.07) is 12.3. The monoisotopic (exact) mass is 867 g/mol. The predicted octanol–water partition coefficient (Wildman–Crippen LogP) is 1.78. The van der Waals surface area contributed by atoms with Crippen LogP contribution < -0.4 is 38.5 Å². The van der Waals surface area contributed by atoms with Gasteiger partial charge < -0.3 is 48.4 Å². The highest BCUT2D eigenvalue weighted by Crippen LogP contribution is 2.23. The lowest BCUT2D eigenvalue weighted by Crippen LogP contribution is -2.56. The molecule has 0 radical (unpaired) electrons. The molecule has 0 aliphatic rings. The zero-order valence-corrected chi connectivity index (χ0v) is 36.2. The summed E-state index contributed by atoms with van der Waals surface area (Å²) in [5.74, 6) is -5.75. The largest absolute Gasteiger partial charge is 0.370 e. The molecule has 5 amide bonds. The lowest BCUT2D eigenvalue weighted by molar-refractivity contribution is -0.135. The number of nitrogens with two attached hydrogens (primary N) is 3. The van der Waals surface area contributed by atoms with Crippen LogP contribution in [0.3, 0.4) is 0 Å². The normalized spacial score (nSPS) is 14.0. The molecule has 2 aromatic carbocycles. The van der Waals surface area contributed by atoms with Crippen molar-refractivity contribution < 1.29 is 33.6 Å². The molecular weight excluding hydrogens is 807 g/mol. The minimum absolute atomic E-state index is 0.00940. The number of amides is 5.